The van der Waals surface area contributed by atoms with Crippen LogP contribution in [-0.4, -0.2) is 32.3 Å². The van der Waals surface area contributed by atoms with Gasteiger partial charge in [-0.3, -0.25) is 5.32 Å². The molecule has 132 valence electrons. The van der Waals surface area contributed by atoms with Crippen LogP contribution >= 0.6 is 0 Å². The van der Waals surface area contributed by atoms with E-state index in [1.807, 2.05) is 0 Å². The number of nitrogens with one attached hydrogen (secondary N) is 1. The van der Waals surface area contributed by atoms with Crippen molar-refractivity contribution >= 4 is 29.0 Å². The molecule has 0 saturated carbocycles. The van der Waals surface area contributed by atoms with Crippen LogP contribution < -0.4 is 5.32 Å². The number of hydrogen-bond donors (Lipinski definition) is 1. The van der Waals surface area contributed by atoms with Crippen molar-refractivity contribution < 1.29 is 27.1 Å². The quantitative estimate of drug-likeness (QED) is 0.719. The van der Waals surface area contributed by atoms with Gasteiger partial charge in [0, 0.05) is 7.05 Å². The van der Waals surface area contributed by atoms with Crippen molar-refractivity contribution in [1.29, 1.82) is 0 Å². The average molecular weight is 355 g/mol. The van der Waals surface area contributed by atoms with Gasteiger partial charge in [0.05, 0.1) is 23.2 Å². The zero-order valence-electron chi connectivity index (χ0n) is 13.1. The normalized spacial score (nSPS) is 11.7. The number of anilines is 2. The second kappa shape index (κ2) is 6.07. The van der Waals surface area contributed by atoms with Gasteiger partial charge in [-0.1, -0.05) is 10.2 Å². The fourth-order valence-electron chi connectivity index (χ4n) is 2.13. The smallest absolute Gasteiger partial charge is 0.416 e. The molecule has 11 heteroatoms. The molecule has 0 fully saturated rings. The van der Waals surface area contributed by atoms with Crippen molar-refractivity contribution in [3.05, 3.63) is 29.7 Å². The molecule has 25 heavy (non-hydrogen) atoms. The summed E-state index contributed by atoms with van der Waals surface area (Å²) in [5.41, 5.74) is -0.183. The Hall–Kier alpha value is -3.11. The highest BCUT2D eigenvalue weighted by molar-refractivity contribution is 5.84. The average Bonchev–Trinajstić information content (AvgIpc) is 3.13. The summed E-state index contributed by atoms with van der Waals surface area (Å²) in [7, 11) is 1.60. The first-order chi connectivity index (χ1) is 11.8. The number of aryl methyl sites for hydroxylation is 1. The number of alkyl halides is 3. The third-order valence-electron chi connectivity index (χ3n) is 3.30. The highest BCUT2D eigenvalue weighted by atomic mass is 19.4. The maximum Gasteiger partial charge on any atom is 0.416 e. The number of esters is 1. The summed E-state index contributed by atoms with van der Waals surface area (Å²) in [5.74, 6) is -0.946. The molecular weight excluding hydrogens is 343 g/mol. The number of carbonyl (C=O) groups excluding carboxylic acids is 1. The summed E-state index contributed by atoms with van der Waals surface area (Å²) in [6, 6.07) is 3.09. The molecule has 0 spiro atoms. The third kappa shape index (κ3) is 3.25. The van der Waals surface area contributed by atoms with Crippen molar-refractivity contribution in [3.63, 3.8) is 0 Å². The molecule has 3 rings (SSSR count). The largest absolute Gasteiger partial charge is 0.459 e. The molecule has 0 bridgehead atoms. The first kappa shape index (κ1) is 16.7. The van der Waals surface area contributed by atoms with Crippen molar-refractivity contribution in [1.82, 2.24) is 19.7 Å². The van der Waals surface area contributed by atoms with Crippen LogP contribution in [0.25, 0.3) is 11.0 Å². The molecule has 0 radical (unpaired) electrons. The van der Waals surface area contributed by atoms with Crippen LogP contribution in [0.4, 0.5) is 25.1 Å². The summed E-state index contributed by atoms with van der Waals surface area (Å²) in [6.45, 7) is 1.78. The van der Waals surface area contributed by atoms with E-state index in [1.54, 1.807) is 14.0 Å². The maximum absolute atomic E-state index is 12.8. The minimum atomic E-state index is -4.46. The number of benzene rings is 1. The fraction of sp³-hybridized carbons (Fsp3) is 0.286. The van der Waals surface area contributed by atoms with Crippen molar-refractivity contribution in [2.75, 3.05) is 11.9 Å². The molecule has 1 aromatic carbocycles. The maximum atomic E-state index is 12.8. The van der Waals surface area contributed by atoms with Crippen molar-refractivity contribution in [3.8, 4) is 0 Å². The summed E-state index contributed by atoms with van der Waals surface area (Å²) in [6.07, 6.45) is -4.46. The van der Waals surface area contributed by atoms with E-state index in [4.69, 9.17) is 9.15 Å². The van der Waals surface area contributed by atoms with Gasteiger partial charge in [-0.2, -0.15) is 13.2 Å². The van der Waals surface area contributed by atoms with E-state index in [-0.39, 0.29) is 30.0 Å². The molecule has 0 unspecified atom stereocenters. The summed E-state index contributed by atoms with van der Waals surface area (Å²) in [5, 5.41) is 9.80. The van der Waals surface area contributed by atoms with Gasteiger partial charge in [-0.15, -0.1) is 0 Å². The molecule has 0 aliphatic heterocycles. The highest BCUT2D eigenvalue weighted by Gasteiger charge is 2.31. The Morgan fingerprint density at radius 3 is 2.80 bits per heavy atom. The summed E-state index contributed by atoms with van der Waals surface area (Å²) >= 11 is 0. The molecule has 2 aromatic heterocycles. The van der Waals surface area contributed by atoms with Crippen LogP contribution in [0.2, 0.25) is 0 Å². The Labute approximate surface area is 138 Å². The van der Waals surface area contributed by atoms with Crippen molar-refractivity contribution in [2.24, 2.45) is 7.05 Å². The van der Waals surface area contributed by atoms with Gasteiger partial charge in [0.25, 0.3) is 0 Å². The molecule has 1 N–H and O–H groups in total. The number of ether oxygens (including phenoxy) is 1. The van der Waals surface area contributed by atoms with Crippen LogP contribution in [0.1, 0.15) is 23.2 Å². The monoisotopic (exact) mass is 355 g/mol. The van der Waals surface area contributed by atoms with Gasteiger partial charge in [-0.25, -0.2) is 9.78 Å². The van der Waals surface area contributed by atoms with Crippen LogP contribution in [-0.2, 0) is 18.0 Å². The lowest BCUT2D eigenvalue weighted by atomic mass is 10.2. The van der Waals surface area contributed by atoms with Gasteiger partial charge in [0.2, 0.25) is 5.95 Å². The topological polar surface area (TPSA) is 95.1 Å². The van der Waals surface area contributed by atoms with Gasteiger partial charge < -0.3 is 13.7 Å². The lowest BCUT2D eigenvalue weighted by molar-refractivity contribution is -0.137. The van der Waals surface area contributed by atoms with E-state index in [0.717, 1.165) is 12.1 Å². The van der Waals surface area contributed by atoms with Gasteiger partial charge >= 0.3 is 24.1 Å². The minimum absolute atomic E-state index is 0.141. The van der Waals surface area contributed by atoms with Gasteiger partial charge in [0.1, 0.15) is 0 Å². The fourth-order valence-corrected chi connectivity index (χ4v) is 2.13. The molecule has 0 amide bonds. The summed E-state index contributed by atoms with van der Waals surface area (Å²) < 4.78 is 49.7. The Morgan fingerprint density at radius 2 is 2.12 bits per heavy atom. The summed E-state index contributed by atoms with van der Waals surface area (Å²) in [4.78, 5) is 15.6. The number of rotatable bonds is 4. The zero-order valence-corrected chi connectivity index (χ0v) is 13.1. The van der Waals surface area contributed by atoms with Crippen LogP contribution in [0.15, 0.2) is 22.6 Å². The molecule has 0 aliphatic rings. The van der Waals surface area contributed by atoms with E-state index in [9.17, 15) is 18.0 Å². The Morgan fingerprint density at radius 1 is 1.36 bits per heavy atom. The first-order valence-corrected chi connectivity index (χ1v) is 7.11. The molecule has 0 atom stereocenters. The SMILES string of the molecule is CCOC(=O)c1nnc(Nc2nc3cc(C(F)(F)F)ccc3n2C)o1. The molecule has 8 nitrogen and oxygen atoms in total. The molecule has 2 heterocycles. The van der Waals surface area contributed by atoms with E-state index >= 15 is 0 Å². The number of nitrogens with zero attached hydrogens (tertiary/aromatic N) is 4. The second-order valence-corrected chi connectivity index (χ2v) is 4.95. The molecular formula is C14H12F3N5O3. The van der Waals surface area contributed by atoms with E-state index < -0.39 is 17.7 Å². The minimum Gasteiger partial charge on any atom is -0.459 e. The Bertz CT molecular complexity index is 932. The number of fused-ring (bicyclic) bond motifs is 1. The van der Waals surface area contributed by atoms with E-state index in [0.29, 0.717) is 5.52 Å². The second-order valence-electron chi connectivity index (χ2n) is 4.95. The highest BCUT2D eigenvalue weighted by Crippen LogP contribution is 2.32. The lowest BCUT2D eigenvalue weighted by Gasteiger charge is -2.05. The zero-order chi connectivity index (χ0) is 18.2. The first-order valence-electron chi connectivity index (χ1n) is 7.11. The van der Waals surface area contributed by atoms with E-state index in [1.165, 1.54) is 10.6 Å². The molecule has 0 saturated heterocycles. The Kier molecular flexibility index (Phi) is 4.07. The predicted octanol–water partition coefficient (Wildman–Crippen LogP) is 2.90. The van der Waals surface area contributed by atoms with Gasteiger partial charge in [-0.05, 0) is 25.1 Å². The van der Waals surface area contributed by atoms with Crippen molar-refractivity contribution in [2.45, 2.75) is 13.1 Å². The molecule has 3 aromatic rings. The van der Waals surface area contributed by atoms with Gasteiger partial charge in [0.15, 0.2) is 0 Å². The Balaban J connectivity index is 1.89. The number of imidazole rings is 1. The standard InChI is InChI=1S/C14H12F3N5O3/c1-3-24-11(23)10-20-21-13(25-10)19-12-18-8-6-7(14(15,16)17)4-5-9(8)22(12)2/h4-6H,3H2,1-2H3,(H,18,19,21). The number of aromatic nitrogens is 4. The number of carbonyl (C=O) groups is 1. The van der Waals surface area contributed by atoms with Crippen LogP contribution in [0.3, 0.4) is 0 Å². The van der Waals surface area contributed by atoms with Crippen LogP contribution in [0.5, 0.6) is 0 Å². The third-order valence-corrected chi connectivity index (χ3v) is 3.30. The predicted molar refractivity (Wildman–Crippen MR) is 79.3 cm³/mol. The van der Waals surface area contributed by atoms with E-state index in [2.05, 4.69) is 20.5 Å². The van der Waals surface area contributed by atoms with Crippen LogP contribution in [0, 0.1) is 0 Å². The number of hydrogen-bond acceptors (Lipinski definition) is 7. The molecule has 0 aliphatic carbocycles. The number of halogens is 3. The lowest BCUT2D eigenvalue weighted by Crippen LogP contribution is -2.04.